The van der Waals surface area contributed by atoms with Gasteiger partial charge in [0.15, 0.2) is 0 Å². The monoisotopic (exact) mass is 327 g/mol. The lowest BCUT2D eigenvalue weighted by Crippen LogP contribution is -2.06. The van der Waals surface area contributed by atoms with Crippen LogP contribution in [0.5, 0.6) is 11.5 Å². The van der Waals surface area contributed by atoms with Gasteiger partial charge in [-0.05, 0) is 59.4 Å². The Balaban J connectivity index is 2.29. The second-order valence-corrected chi connectivity index (χ2v) is 4.81. The van der Waals surface area contributed by atoms with Crippen LogP contribution in [0.3, 0.4) is 0 Å². The standard InChI is InChI=1S/C14H12BrF2NO/c1-18-8-9-6-10(16)2-5-14(9)19-11-3-4-13(17)12(15)7-11/h2-7,18H,8H2,1H3. The molecule has 0 fully saturated rings. The normalized spacial score (nSPS) is 10.5. The van der Waals surface area contributed by atoms with Gasteiger partial charge in [-0.25, -0.2) is 8.78 Å². The lowest BCUT2D eigenvalue weighted by molar-refractivity contribution is 0.469. The van der Waals surface area contributed by atoms with E-state index in [1.54, 1.807) is 13.1 Å². The number of hydrogen-bond donors (Lipinski definition) is 1. The minimum absolute atomic E-state index is 0.321. The van der Waals surface area contributed by atoms with Crippen molar-refractivity contribution >= 4 is 15.9 Å². The molecule has 19 heavy (non-hydrogen) atoms. The minimum Gasteiger partial charge on any atom is -0.457 e. The number of rotatable bonds is 4. The lowest BCUT2D eigenvalue weighted by Gasteiger charge is -2.11. The maximum Gasteiger partial charge on any atom is 0.137 e. The van der Waals surface area contributed by atoms with Gasteiger partial charge in [-0.15, -0.1) is 0 Å². The molecule has 2 aromatic rings. The van der Waals surface area contributed by atoms with Crippen LogP contribution in [0.25, 0.3) is 0 Å². The third kappa shape index (κ3) is 3.52. The maximum absolute atomic E-state index is 13.2. The van der Waals surface area contributed by atoms with E-state index in [1.807, 2.05) is 0 Å². The van der Waals surface area contributed by atoms with Gasteiger partial charge in [-0.3, -0.25) is 0 Å². The van der Waals surface area contributed by atoms with E-state index in [9.17, 15) is 8.78 Å². The van der Waals surface area contributed by atoms with E-state index in [-0.39, 0.29) is 11.6 Å². The summed E-state index contributed by atoms with van der Waals surface area (Å²) in [6, 6.07) is 8.64. The SMILES string of the molecule is CNCc1cc(F)ccc1Oc1ccc(F)c(Br)c1. The molecule has 0 radical (unpaired) electrons. The van der Waals surface area contributed by atoms with Crippen molar-refractivity contribution in [3.63, 3.8) is 0 Å². The number of benzene rings is 2. The smallest absolute Gasteiger partial charge is 0.137 e. The molecule has 2 nitrogen and oxygen atoms in total. The van der Waals surface area contributed by atoms with Crippen LogP contribution < -0.4 is 10.1 Å². The van der Waals surface area contributed by atoms with E-state index >= 15 is 0 Å². The zero-order valence-corrected chi connectivity index (χ0v) is 11.8. The van der Waals surface area contributed by atoms with Crippen molar-refractivity contribution < 1.29 is 13.5 Å². The van der Waals surface area contributed by atoms with Crippen LogP contribution in [0.4, 0.5) is 8.78 Å². The summed E-state index contributed by atoms with van der Waals surface area (Å²) in [6.07, 6.45) is 0. The van der Waals surface area contributed by atoms with Gasteiger partial charge in [0.1, 0.15) is 23.1 Å². The fourth-order valence-corrected chi connectivity index (χ4v) is 2.00. The fraction of sp³-hybridized carbons (Fsp3) is 0.143. The first-order valence-corrected chi connectivity index (χ1v) is 6.45. The number of ether oxygens (including phenoxy) is 1. The molecule has 5 heteroatoms. The minimum atomic E-state index is -0.359. The molecule has 0 unspecified atom stereocenters. The summed E-state index contributed by atoms with van der Waals surface area (Å²) in [6.45, 7) is 0.482. The molecule has 2 rings (SSSR count). The van der Waals surface area contributed by atoms with Crippen molar-refractivity contribution in [3.8, 4) is 11.5 Å². The summed E-state index contributed by atoms with van der Waals surface area (Å²) in [5, 5.41) is 2.94. The molecule has 2 aromatic carbocycles. The van der Waals surface area contributed by atoms with Crippen LogP contribution in [0.1, 0.15) is 5.56 Å². The Hall–Kier alpha value is -1.46. The van der Waals surface area contributed by atoms with Crippen LogP contribution in [-0.4, -0.2) is 7.05 Å². The molecule has 0 saturated heterocycles. The summed E-state index contributed by atoms with van der Waals surface area (Å²) >= 11 is 3.09. The van der Waals surface area contributed by atoms with Gasteiger partial charge in [0.05, 0.1) is 4.47 Å². The summed E-state index contributed by atoms with van der Waals surface area (Å²) in [7, 11) is 1.77. The first-order valence-electron chi connectivity index (χ1n) is 5.66. The van der Waals surface area contributed by atoms with Crippen LogP contribution in [0, 0.1) is 11.6 Å². The van der Waals surface area contributed by atoms with Gasteiger partial charge in [-0.1, -0.05) is 0 Å². The predicted octanol–water partition coefficient (Wildman–Crippen LogP) is 4.24. The Kier molecular flexibility index (Phi) is 4.50. The van der Waals surface area contributed by atoms with Gasteiger partial charge in [0.2, 0.25) is 0 Å². The number of hydrogen-bond acceptors (Lipinski definition) is 2. The molecule has 0 aliphatic carbocycles. The first-order chi connectivity index (χ1) is 9.10. The summed E-state index contributed by atoms with van der Waals surface area (Å²) in [5.74, 6) is 0.339. The second kappa shape index (κ2) is 6.12. The molecule has 0 amide bonds. The second-order valence-electron chi connectivity index (χ2n) is 3.96. The average molecular weight is 328 g/mol. The maximum atomic E-state index is 13.2. The third-order valence-electron chi connectivity index (χ3n) is 2.51. The van der Waals surface area contributed by atoms with E-state index in [4.69, 9.17) is 4.74 Å². The highest BCUT2D eigenvalue weighted by molar-refractivity contribution is 9.10. The molecular formula is C14H12BrF2NO. The Morgan fingerprint density at radius 2 is 1.95 bits per heavy atom. The molecule has 0 spiro atoms. The van der Waals surface area contributed by atoms with E-state index in [0.717, 1.165) is 0 Å². The largest absolute Gasteiger partial charge is 0.457 e. The highest BCUT2D eigenvalue weighted by Crippen LogP contribution is 2.29. The van der Waals surface area contributed by atoms with E-state index in [2.05, 4.69) is 21.2 Å². The molecule has 100 valence electrons. The molecule has 0 aliphatic heterocycles. The van der Waals surface area contributed by atoms with Crippen molar-refractivity contribution in [1.29, 1.82) is 0 Å². The van der Waals surface area contributed by atoms with Crippen molar-refractivity contribution in [2.75, 3.05) is 7.05 Å². The highest BCUT2D eigenvalue weighted by atomic mass is 79.9. The molecule has 0 atom stereocenters. The lowest BCUT2D eigenvalue weighted by atomic mass is 10.2. The van der Waals surface area contributed by atoms with Gasteiger partial charge < -0.3 is 10.1 Å². The molecule has 0 bridgehead atoms. The number of nitrogens with one attached hydrogen (secondary N) is 1. The zero-order valence-electron chi connectivity index (χ0n) is 10.2. The van der Waals surface area contributed by atoms with Crippen LogP contribution in [0.15, 0.2) is 40.9 Å². The van der Waals surface area contributed by atoms with Gasteiger partial charge >= 0.3 is 0 Å². The molecule has 0 aliphatic rings. The van der Waals surface area contributed by atoms with Crippen LogP contribution in [0.2, 0.25) is 0 Å². The number of halogens is 3. The Labute approximate surface area is 118 Å². The topological polar surface area (TPSA) is 21.3 Å². The average Bonchev–Trinajstić information content (AvgIpc) is 2.37. The van der Waals surface area contributed by atoms with E-state index < -0.39 is 0 Å². The quantitative estimate of drug-likeness (QED) is 0.906. The third-order valence-corrected chi connectivity index (χ3v) is 3.12. The Morgan fingerprint density at radius 3 is 2.63 bits per heavy atom. The molecule has 1 N–H and O–H groups in total. The van der Waals surface area contributed by atoms with Crippen LogP contribution in [-0.2, 0) is 6.54 Å². The molecule has 0 aromatic heterocycles. The summed E-state index contributed by atoms with van der Waals surface area (Å²) < 4.78 is 32.3. The van der Waals surface area contributed by atoms with Crippen LogP contribution >= 0.6 is 15.9 Å². The summed E-state index contributed by atoms with van der Waals surface area (Å²) in [4.78, 5) is 0. The van der Waals surface area contributed by atoms with E-state index in [0.29, 0.717) is 28.1 Å². The van der Waals surface area contributed by atoms with Crippen molar-refractivity contribution in [1.82, 2.24) is 5.32 Å². The fourth-order valence-electron chi connectivity index (χ4n) is 1.64. The van der Waals surface area contributed by atoms with Gasteiger partial charge in [-0.2, -0.15) is 0 Å². The highest BCUT2D eigenvalue weighted by Gasteiger charge is 2.08. The van der Waals surface area contributed by atoms with E-state index in [1.165, 1.54) is 30.3 Å². The van der Waals surface area contributed by atoms with Crippen molar-refractivity contribution in [2.24, 2.45) is 0 Å². The van der Waals surface area contributed by atoms with Gasteiger partial charge in [0.25, 0.3) is 0 Å². The molecule has 0 heterocycles. The molecule has 0 saturated carbocycles. The molecular weight excluding hydrogens is 316 g/mol. The van der Waals surface area contributed by atoms with Crippen molar-refractivity contribution in [3.05, 3.63) is 58.1 Å². The van der Waals surface area contributed by atoms with Crippen molar-refractivity contribution in [2.45, 2.75) is 6.54 Å². The van der Waals surface area contributed by atoms with Gasteiger partial charge in [0, 0.05) is 12.1 Å². The Bertz CT molecular complexity index is 590. The summed E-state index contributed by atoms with van der Waals surface area (Å²) in [5.41, 5.74) is 0.697. The zero-order chi connectivity index (χ0) is 13.8. The Morgan fingerprint density at radius 1 is 1.16 bits per heavy atom. The first kappa shape index (κ1) is 14.0. The predicted molar refractivity (Wildman–Crippen MR) is 73.3 cm³/mol.